The smallest absolute Gasteiger partial charge is 0.141 e. The summed E-state index contributed by atoms with van der Waals surface area (Å²) >= 11 is 3.50. The predicted molar refractivity (Wildman–Crippen MR) is 75.5 cm³/mol. The van der Waals surface area contributed by atoms with Crippen molar-refractivity contribution < 1.29 is 14.2 Å². The third-order valence-electron chi connectivity index (χ3n) is 2.68. The molecule has 0 bridgehead atoms. The van der Waals surface area contributed by atoms with Crippen LogP contribution in [0, 0.1) is 0 Å². The van der Waals surface area contributed by atoms with Crippen molar-refractivity contribution in [2.45, 2.75) is 13.0 Å². The summed E-state index contributed by atoms with van der Waals surface area (Å²) in [4.78, 5) is 0. The number of hydrogen-bond donors (Lipinski definition) is 1. The predicted octanol–water partition coefficient (Wildman–Crippen LogP) is 2.76. The number of methoxy groups -OCH3 is 3. The van der Waals surface area contributed by atoms with Crippen LogP contribution in [0.2, 0.25) is 0 Å². The summed E-state index contributed by atoms with van der Waals surface area (Å²) < 4.78 is 16.8. The SMILES string of the molecule is CCNC(COC)c1ccc(OC)c(Br)c1OC. The summed E-state index contributed by atoms with van der Waals surface area (Å²) in [5.74, 6) is 1.53. The summed E-state index contributed by atoms with van der Waals surface area (Å²) in [6, 6.07) is 4.01. The zero-order valence-electron chi connectivity index (χ0n) is 11.2. The van der Waals surface area contributed by atoms with E-state index in [2.05, 4.69) is 28.2 Å². The molecule has 0 saturated heterocycles. The van der Waals surface area contributed by atoms with Gasteiger partial charge >= 0.3 is 0 Å². The van der Waals surface area contributed by atoms with Crippen molar-refractivity contribution in [1.82, 2.24) is 5.32 Å². The van der Waals surface area contributed by atoms with Gasteiger partial charge in [0.25, 0.3) is 0 Å². The maximum Gasteiger partial charge on any atom is 0.141 e. The number of benzene rings is 1. The number of nitrogens with one attached hydrogen (secondary N) is 1. The minimum atomic E-state index is 0.0946. The molecule has 0 aliphatic rings. The van der Waals surface area contributed by atoms with Crippen LogP contribution >= 0.6 is 15.9 Å². The van der Waals surface area contributed by atoms with Crippen LogP contribution in [-0.2, 0) is 4.74 Å². The summed E-state index contributed by atoms with van der Waals surface area (Å²) in [5, 5.41) is 3.37. The second-order valence-electron chi connectivity index (χ2n) is 3.77. The number of rotatable bonds is 7. The van der Waals surface area contributed by atoms with E-state index in [0.717, 1.165) is 28.1 Å². The largest absolute Gasteiger partial charge is 0.495 e. The number of halogens is 1. The van der Waals surface area contributed by atoms with Gasteiger partial charge in [0, 0.05) is 12.7 Å². The molecule has 0 spiro atoms. The van der Waals surface area contributed by atoms with Crippen molar-refractivity contribution in [2.75, 3.05) is 34.5 Å². The molecule has 102 valence electrons. The fraction of sp³-hybridized carbons (Fsp3) is 0.538. The van der Waals surface area contributed by atoms with Gasteiger partial charge in [-0.25, -0.2) is 0 Å². The van der Waals surface area contributed by atoms with Gasteiger partial charge in [0.05, 0.1) is 26.9 Å². The zero-order chi connectivity index (χ0) is 13.5. The summed E-state index contributed by atoms with van der Waals surface area (Å²) in [7, 11) is 4.98. The van der Waals surface area contributed by atoms with Gasteiger partial charge in [-0.1, -0.05) is 6.92 Å². The van der Waals surface area contributed by atoms with E-state index in [4.69, 9.17) is 14.2 Å². The highest BCUT2D eigenvalue weighted by molar-refractivity contribution is 9.10. The van der Waals surface area contributed by atoms with Gasteiger partial charge in [-0.05, 0) is 34.6 Å². The van der Waals surface area contributed by atoms with E-state index in [1.165, 1.54) is 0 Å². The van der Waals surface area contributed by atoms with Gasteiger partial charge in [-0.15, -0.1) is 0 Å². The van der Waals surface area contributed by atoms with E-state index < -0.39 is 0 Å². The molecule has 1 aromatic rings. The maximum atomic E-state index is 5.47. The lowest BCUT2D eigenvalue weighted by Gasteiger charge is -2.21. The molecule has 1 N–H and O–H groups in total. The Kier molecular flexibility index (Phi) is 6.46. The molecule has 0 fully saturated rings. The topological polar surface area (TPSA) is 39.7 Å². The van der Waals surface area contributed by atoms with E-state index in [-0.39, 0.29) is 6.04 Å². The van der Waals surface area contributed by atoms with Gasteiger partial charge in [-0.3, -0.25) is 0 Å². The molecule has 1 rings (SSSR count). The normalized spacial score (nSPS) is 12.3. The third-order valence-corrected chi connectivity index (χ3v) is 3.43. The number of hydrogen-bond acceptors (Lipinski definition) is 4. The first-order valence-electron chi connectivity index (χ1n) is 5.82. The van der Waals surface area contributed by atoms with Crippen molar-refractivity contribution in [3.63, 3.8) is 0 Å². The van der Waals surface area contributed by atoms with Crippen LogP contribution < -0.4 is 14.8 Å². The third kappa shape index (κ3) is 3.37. The number of likely N-dealkylation sites (N-methyl/N-ethyl adjacent to an activating group) is 1. The van der Waals surface area contributed by atoms with Crippen molar-refractivity contribution in [3.05, 3.63) is 22.2 Å². The van der Waals surface area contributed by atoms with E-state index in [1.807, 2.05) is 12.1 Å². The quantitative estimate of drug-likeness (QED) is 0.839. The standard InChI is InChI=1S/C13H20BrNO3/c1-5-15-10(8-16-2)9-6-7-11(17-3)12(14)13(9)18-4/h6-7,10,15H,5,8H2,1-4H3. The van der Waals surface area contributed by atoms with Crippen LogP contribution in [0.5, 0.6) is 11.5 Å². The summed E-state index contributed by atoms with van der Waals surface area (Å²) in [6.45, 7) is 3.51. The molecule has 0 saturated carbocycles. The molecule has 1 atom stereocenters. The molecule has 0 radical (unpaired) electrons. The molecule has 0 aromatic heterocycles. The lowest BCUT2D eigenvalue weighted by Crippen LogP contribution is -2.25. The minimum absolute atomic E-state index is 0.0946. The molecule has 4 nitrogen and oxygen atoms in total. The molecular weight excluding hydrogens is 298 g/mol. The average Bonchev–Trinajstić information content (AvgIpc) is 2.38. The average molecular weight is 318 g/mol. The Morgan fingerprint density at radius 2 is 1.94 bits per heavy atom. The Balaban J connectivity index is 3.16. The van der Waals surface area contributed by atoms with Crippen molar-refractivity contribution in [2.24, 2.45) is 0 Å². The molecule has 1 aromatic carbocycles. The molecule has 0 aliphatic heterocycles. The van der Waals surface area contributed by atoms with E-state index >= 15 is 0 Å². The first-order chi connectivity index (χ1) is 8.69. The molecule has 0 heterocycles. The molecule has 5 heteroatoms. The van der Waals surface area contributed by atoms with E-state index in [1.54, 1.807) is 21.3 Å². The molecular formula is C13H20BrNO3. The van der Waals surface area contributed by atoms with Crippen LogP contribution in [0.25, 0.3) is 0 Å². The van der Waals surface area contributed by atoms with Gasteiger partial charge in [0.1, 0.15) is 16.0 Å². The Morgan fingerprint density at radius 3 is 2.44 bits per heavy atom. The van der Waals surface area contributed by atoms with E-state index in [9.17, 15) is 0 Å². The highest BCUT2D eigenvalue weighted by Crippen LogP contribution is 2.39. The first-order valence-corrected chi connectivity index (χ1v) is 6.61. The lowest BCUT2D eigenvalue weighted by atomic mass is 10.1. The van der Waals surface area contributed by atoms with Crippen LogP contribution in [0.1, 0.15) is 18.5 Å². The monoisotopic (exact) mass is 317 g/mol. The molecule has 18 heavy (non-hydrogen) atoms. The Hall–Kier alpha value is -0.780. The van der Waals surface area contributed by atoms with Crippen LogP contribution in [0.4, 0.5) is 0 Å². The first kappa shape index (κ1) is 15.3. The highest BCUT2D eigenvalue weighted by atomic mass is 79.9. The Labute approximate surface area is 117 Å². The van der Waals surface area contributed by atoms with Crippen molar-refractivity contribution >= 4 is 15.9 Å². The summed E-state index contributed by atoms with van der Waals surface area (Å²) in [6.07, 6.45) is 0. The minimum Gasteiger partial charge on any atom is -0.495 e. The van der Waals surface area contributed by atoms with Gasteiger partial charge in [-0.2, -0.15) is 0 Å². The molecule has 0 aliphatic carbocycles. The second-order valence-corrected chi connectivity index (χ2v) is 4.56. The Morgan fingerprint density at radius 1 is 1.22 bits per heavy atom. The van der Waals surface area contributed by atoms with Gasteiger partial charge in [0.15, 0.2) is 0 Å². The molecule has 1 unspecified atom stereocenters. The van der Waals surface area contributed by atoms with Crippen molar-refractivity contribution in [1.29, 1.82) is 0 Å². The zero-order valence-corrected chi connectivity index (χ0v) is 12.8. The van der Waals surface area contributed by atoms with Crippen LogP contribution in [0.3, 0.4) is 0 Å². The highest BCUT2D eigenvalue weighted by Gasteiger charge is 2.19. The van der Waals surface area contributed by atoms with Crippen molar-refractivity contribution in [3.8, 4) is 11.5 Å². The maximum absolute atomic E-state index is 5.47. The van der Waals surface area contributed by atoms with Crippen LogP contribution in [-0.4, -0.2) is 34.5 Å². The molecule has 0 amide bonds. The fourth-order valence-corrected chi connectivity index (χ4v) is 2.55. The Bertz CT molecular complexity index is 379. The number of ether oxygens (including phenoxy) is 3. The lowest BCUT2D eigenvalue weighted by molar-refractivity contribution is 0.166. The van der Waals surface area contributed by atoms with E-state index in [0.29, 0.717) is 6.61 Å². The fourth-order valence-electron chi connectivity index (χ4n) is 1.86. The summed E-state index contributed by atoms with van der Waals surface area (Å²) in [5.41, 5.74) is 1.05. The van der Waals surface area contributed by atoms with Gasteiger partial charge < -0.3 is 19.5 Å². The van der Waals surface area contributed by atoms with Gasteiger partial charge in [0.2, 0.25) is 0 Å². The van der Waals surface area contributed by atoms with Crippen LogP contribution in [0.15, 0.2) is 16.6 Å². The second kappa shape index (κ2) is 7.61.